The Morgan fingerprint density at radius 2 is 1.87 bits per heavy atom. The summed E-state index contributed by atoms with van der Waals surface area (Å²) in [7, 11) is 0. The van der Waals surface area contributed by atoms with Crippen LogP contribution in [0.5, 0.6) is 11.5 Å². The first-order valence-electron chi connectivity index (χ1n) is 9.53. The molecule has 1 aliphatic rings. The lowest BCUT2D eigenvalue weighted by Crippen LogP contribution is -2.21. The Bertz CT molecular complexity index is 997. The van der Waals surface area contributed by atoms with E-state index in [1.165, 1.54) is 12.1 Å². The van der Waals surface area contributed by atoms with Gasteiger partial charge in [-0.2, -0.15) is 0 Å². The van der Waals surface area contributed by atoms with Gasteiger partial charge < -0.3 is 24.1 Å². The molecule has 0 unspecified atom stereocenters. The summed E-state index contributed by atoms with van der Waals surface area (Å²) in [6.07, 6.45) is 0.638. The molecule has 0 bridgehead atoms. The van der Waals surface area contributed by atoms with Crippen molar-refractivity contribution in [1.29, 1.82) is 0 Å². The van der Waals surface area contributed by atoms with Gasteiger partial charge in [0.1, 0.15) is 5.69 Å². The first-order valence-corrected chi connectivity index (χ1v) is 9.53. The van der Waals surface area contributed by atoms with E-state index in [0.717, 1.165) is 11.4 Å². The Hall–Kier alpha value is -3.56. The molecule has 1 N–H and O–H groups in total. The lowest BCUT2D eigenvalue weighted by atomic mass is 10.2. The van der Waals surface area contributed by atoms with E-state index in [-0.39, 0.29) is 17.1 Å². The van der Waals surface area contributed by atoms with Crippen molar-refractivity contribution in [2.45, 2.75) is 33.7 Å². The normalized spacial score (nSPS) is 12.8. The minimum absolute atomic E-state index is 0.0607. The predicted molar refractivity (Wildman–Crippen MR) is 107 cm³/mol. The molecule has 1 aromatic heterocycles. The number of nitrogens with one attached hydrogen (secondary N) is 1. The van der Waals surface area contributed by atoms with Crippen molar-refractivity contribution in [2.75, 3.05) is 25.1 Å². The van der Waals surface area contributed by atoms with Gasteiger partial charge in [-0.15, -0.1) is 0 Å². The zero-order chi connectivity index (χ0) is 21.8. The molecule has 2 heterocycles. The number of hydrogen-bond acceptors (Lipinski definition) is 7. The van der Waals surface area contributed by atoms with Gasteiger partial charge in [-0.3, -0.25) is 14.9 Å². The van der Waals surface area contributed by atoms with Gasteiger partial charge in [0.25, 0.3) is 11.6 Å². The highest BCUT2D eigenvalue weighted by atomic mass is 16.6. The molecule has 3 rings (SSSR count). The highest BCUT2D eigenvalue weighted by molar-refractivity contribution is 5.97. The highest BCUT2D eigenvalue weighted by Gasteiger charge is 2.24. The Morgan fingerprint density at radius 1 is 1.20 bits per heavy atom. The van der Waals surface area contributed by atoms with Crippen LogP contribution in [0.25, 0.3) is 0 Å². The van der Waals surface area contributed by atoms with E-state index in [1.807, 2.05) is 18.4 Å². The van der Waals surface area contributed by atoms with Crippen LogP contribution in [0.2, 0.25) is 0 Å². The van der Waals surface area contributed by atoms with E-state index >= 15 is 0 Å². The first kappa shape index (κ1) is 21.2. The number of anilines is 1. The van der Waals surface area contributed by atoms with Gasteiger partial charge >= 0.3 is 5.97 Å². The average Bonchev–Trinajstić information content (AvgIpc) is 2.86. The fourth-order valence-corrected chi connectivity index (χ4v) is 3.34. The smallest absolute Gasteiger partial charge is 0.340 e. The lowest BCUT2D eigenvalue weighted by Gasteiger charge is -2.11. The highest BCUT2D eigenvalue weighted by Crippen LogP contribution is 2.39. The number of nitro benzene ring substituents is 1. The van der Waals surface area contributed by atoms with Crippen LogP contribution in [0.15, 0.2) is 18.2 Å². The monoisotopic (exact) mass is 417 g/mol. The number of aryl methyl sites for hydroxylation is 1. The van der Waals surface area contributed by atoms with Gasteiger partial charge in [0.05, 0.1) is 29.8 Å². The molecule has 0 fully saturated rings. The number of carbonyl (C=O) groups is 2. The number of carbonyl (C=O) groups excluding carboxylic acids is 2. The molecule has 0 saturated heterocycles. The van der Waals surface area contributed by atoms with Crippen molar-refractivity contribution in [3.8, 4) is 11.5 Å². The summed E-state index contributed by atoms with van der Waals surface area (Å²) < 4.78 is 18.0. The topological polar surface area (TPSA) is 122 Å². The maximum atomic E-state index is 12.3. The number of ether oxygens (including phenoxy) is 3. The third-order valence-corrected chi connectivity index (χ3v) is 4.78. The molecule has 30 heavy (non-hydrogen) atoms. The van der Waals surface area contributed by atoms with E-state index in [9.17, 15) is 19.7 Å². The van der Waals surface area contributed by atoms with Crippen LogP contribution in [0.1, 0.15) is 35.1 Å². The second-order valence-electron chi connectivity index (χ2n) is 6.78. The van der Waals surface area contributed by atoms with Crippen LogP contribution in [0, 0.1) is 24.0 Å². The fraction of sp³-hybridized carbons (Fsp3) is 0.400. The molecule has 2 aromatic rings. The Labute approximate surface area is 172 Å². The number of rotatable bonds is 6. The summed E-state index contributed by atoms with van der Waals surface area (Å²) in [6, 6.07) is 4.25. The number of nitrogens with zero attached hydrogens (tertiary/aromatic N) is 2. The van der Waals surface area contributed by atoms with Crippen LogP contribution in [-0.2, 0) is 16.1 Å². The molecule has 1 aliphatic heterocycles. The summed E-state index contributed by atoms with van der Waals surface area (Å²) in [6.45, 7) is 6.54. The zero-order valence-corrected chi connectivity index (χ0v) is 17.0. The molecule has 0 spiro atoms. The van der Waals surface area contributed by atoms with E-state index in [1.54, 1.807) is 13.0 Å². The number of nitro groups is 1. The van der Waals surface area contributed by atoms with Crippen molar-refractivity contribution >= 4 is 23.3 Å². The molecule has 10 nitrogen and oxygen atoms in total. The number of esters is 1. The van der Waals surface area contributed by atoms with Gasteiger partial charge in [-0.25, -0.2) is 4.79 Å². The summed E-state index contributed by atoms with van der Waals surface area (Å²) in [4.78, 5) is 35.4. The lowest BCUT2D eigenvalue weighted by molar-refractivity contribution is -0.384. The first-order chi connectivity index (χ1) is 14.3. The van der Waals surface area contributed by atoms with Crippen LogP contribution in [0.4, 0.5) is 11.4 Å². The second-order valence-corrected chi connectivity index (χ2v) is 6.78. The Balaban J connectivity index is 1.71. The molecular weight excluding hydrogens is 394 g/mol. The van der Waals surface area contributed by atoms with Crippen molar-refractivity contribution in [3.63, 3.8) is 0 Å². The van der Waals surface area contributed by atoms with Crippen LogP contribution < -0.4 is 14.8 Å². The quantitative estimate of drug-likeness (QED) is 0.435. The minimum atomic E-state index is -0.703. The van der Waals surface area contributed by atoms with Crippen molar-refractivity contribution in [1.82, 2.24) is 4.57 Å². The van der Waals surface area contributed by atoms with Crippen molar-refractivity contribution in [2.24, 2.45) is 0 Å². The maximum absolute atomic E-state index is 12.3. The molecule has 0 atom stereocenters. The number of benzene rings is 1. The Morgan fingerprint density at radius 3 is 2.47 bits per heavy atom. The largest absolute Gasteiger partial charge is 0.489 e. The summed E-state index contributed by atoms with van der Waals surface area (Å²) >= 11 is 0. The third kappa shape index (κ3) is 4.37. The number of hydrogen-bond donors (Lipinski definition) is 1. The van der Waals surface area contributed by atoms with Gasteiger partial charge in [-0.1, -0.05) is 0 Å². The summed E-state index contributed by atoms with van der Waals surface area (Å²) in [5.41, 5.74) is 1.64. The van der Waals surface area contributed by atoms with E-state index in [4.69, 9.17) is 14.2 Å². The van der Waals surface area contributed by atoms with E-state index in [2.05, 4.69) is 5.32 Å². The summed E-state index contributed by atoms with van der Waals surface area (Å²) in [5.74, 6) is -0.788. The van der Waals surface area contributed by atoms with Crippen LogP contribution >= 0.6 is 0 Å². The van der Waals surface area contributed by atoms with Crippen molar-refractivity contribution in [3.05, 3.63) is 45.3 Å². The molecule has 10 heteroatoms. The van der Waals surface area contributed by atoms with E-state index < -0.39 is 23.4 Å². The standard InChI is InChI=1S/C20H23N3O7/c1-4-22-12(2)8-14(13(22)3)20(25)30-11-19(24)21-15-9-17-18(10-16(15)23(26)27)29-7-5-6-28-17/h8-10H,4-7,11H2,1-3H3,(H,21,24). The minimum Gasteiger partial charge on any atom is -0.489 e. The molecule has 0 aliphatic carbocycles. The fourth-order valence-electron chi connectivity index (χ4n) is 3.34. The van der Waals surface area contributed by atoms with Gasteiger partial charge in [0.15, 0.2) is 18.1 Å². The molecule has 1 aromatic carbocycles. The molecular formula is C20H23N3O7. The second kappa shape index (κ2) is 8.85. The molecule has 0 radical (unpaired) electrons. The maximum Gasteiger partial charge on any atom is 0.340 e. The molecule has 160 valence electrons. The summed E-state index contributed by atoms with van der Waals surface area (Å²) in [5, 5.41) is 13.8. The van der Waals surface area contributed by atoms with Gasteiger partial charge in [0.2, 0.25) is 0 Å². The SMILES string of the molecule is CCn1c(C)cc(C(=O)OCC(=O)Nc2cc3c(cc2[N+](=O)[O-])OCCCO3)c1C. The van der Waals surface area contributed by atoms with Crippen LogP contribution in [0.3, 0.4) is 0 Å². The van der Waals surface area contributed by atoms with Gasteiger partial charge in [-0.05, 0) is 26.8 Å². The average molecular weight is 417 g/mol. The van der Waals surface area contributed by atoms with E-state index in [0.29, 0.717) is 37.5 Å². The molecule has 1 amide bonds. The predicted octanol–water partition coefficient (Wildman–Crippen LogP) is 2.99. The number of amides is 1. The van der Waals surface area contributed by atoms with Crippen LogP contribution in [-0.4, -0.2) is 41.2 Å². The number of aromatic nitrogens is 1. The molecule has 0 saturated carbocycles. The number of fused-ring (bicyclic) bond motifs is 1. The Kier molecular flexibility index (Phi) is 6.24. The third-order valence-electron chi connectivity index (χ3n) is 4.78. The zero-order valence-electron chi connectivity index (χ0n) is 17.0. The van der Waals surface area contributed by atoms with Crippen molar-refractivity contribution < 1.29 is 28.7 Å². The van der Waals surface area contributed by atoms with Gasteiger partial charge in [0, 0.05) is 30.4 Å².